The van der Waals surface area contributed by atoms with E-state index in [0.29, 0.717) is 6.42 Å². The first-order chi connectivity index (χ1) is 7.75. The van der Waals surface area contributed by atoms with Gasteiger partial charge in [0.2, 0.25) is 0 Å². The normalized spacial score (nSPS) is 11.7. The SMILES string of the molecule is O=[P+](O)OCCc1ccc2ccccc2c1. The highest BCUT2D eigenvalue weighted by atomic mass is 31.1. The topological polar surface area (TPSA) is 46.5 Å². The highest BCUT2D eigenvalue weighted by Crippen LogP contribution is 2.18. The zero-order valence-electron chi connectivity index (χ0n) is 8.67. The Labute approximate surface area is 94.6 Å². The summed E-state index contributed by atoms with van der Waals surface area (Å²) < 4.78 is 15.0. The molecule has 82 valence electrons. The second-order valence-electron chi connectivity index (χ2n) is 3.50. The van der Waals surface area contributed by atoms with Crippen molar-refractivity contribution in [3.8, 4) is 0 Å². The Kier molecular flexibility index (Phi) is 3.62. The van der Waals surface area contributed by atoms with Gasteiger partial charge in [0.1, 0.15) is 6.61 Å². The first-order valence-electron chi connectivity index (χ1n) is 5.02. The van der Waals surface area contributed by atoms with Crippen LogP contribution in [0.2, 0.25) is 0 Å². The van der Waals surface area contributed by atoms with Gasteiger partial charge in [-0.1, -0.05) is 42.5 Å². The Balaban J connectivity index is 2.10. The molecule has 0 aromatic heterocycles. The van der Waals surface area contributed by atoms with Gasteiger partial charge in [0.05, 0.1) is 0 Å². The van der Waals surface area contributed by atoms with E-state index < -0.39 is 8.25 Å². The molecule has 0 aliphatic carbocycles. The molecule has 0 aliphatic heterocycles. The predicted molar refractivity (Wildman–Crippen MR) is 63.4 cm³/mol. The maximum atomic E-state index is 10.3. The van der Waals surface area contributed by atoms with Crippen LogP contribution in [-0.4, -0.2) is 11.5 Å². The fourth-order valence-corrected chi connectivity index (χ4v) is 1.88. The summed E-state index contributed by atoms with van der Waals surface area (Å²) in [5.41, 5.74) is 1.11. The van der Waals surface area contributed by atoms with E-state index in [1.807, 2.05) is 30.3 Å². The fraction of sp³-hybridized carbons (Fsp3) is 0.167. The molecule has 2 aromatic rings. The summed E-state index contributed by atoms with van der Waals surface area (Å²) in [7, 11) is -2.48. The van der Waals surface area contributed by atoms with Crippen LogP contribution in [0, 0.1) is 0 Å². The molecule has 3 nitrogen and oxygen atoms in total. The highest BCUT2D eigenvalue weighted by molar-refractivity contribution is 7.32. The van der Waals surface area contributed by atoms with Gasteiger partial charge in [-0.2, -0.15) is 0 Å². The highest BCUT2D eigenvalue weighted by Gasteiger charge is 2.10. The van der Waals surface area contributed by atoms with E-state index in [-0.39, 0.29) is 6.61 Å². The second-order valence-corrected chi connectivity index (χ2v) is 4.24. The van der Waals surface area contributed by atoms with Crippen LogP contribution >= 0.6 is 8.25 Å². The zero-order valence-corrected chi connectivity index (χ0v) is 9.56. The van der Waals surface area contributed by atoms with Crippen LogP contribution < -0.4 is 0 Å². The molecule has 4 heteroatoms. The molecule has 1 atom stereocenters. The smallest absolute Gasteiger partial charge is 0.133 e. The number of fused-ring (bicyclic) bond motifs is 1. The summed E-state index contributed by atoms with van der Waals surface area (Å²) in [5.74, 6) is 0. The Morgan fingerprint density at radius 3 is 2.62 bits per heavy atom. The molecule has 0 bridgehead atoms. The zero-order chi connectivity index (χ0) is 11.4. The molecular formula is C12H12O3P+. The van der Waals surface area contributed by atoms with Crippen molar-refractivity contribution in [2.75, 3.05) is 6.61 Å². The summed E-state index contributed by atoms with van der Waals surface area (Å²) in [5, 5.41) is 2.37. The van der Waals surface area contributed by atoms with Crippen LogP contribution in [0.5, 0.6) is 0 Å². The van der Waals surface area contributed by atoms with Crippen molar-refractivity contribution in [3.05, 3.63) is 48.0 Å². The van der Waals surface area contributed by atoms with E-state index in [4.69, 9.17) is 4.89 Å². The van der Waals surface area contributed by atoms with Crippen LogP contribution in [0.1, 0.15) is 5.56 Å². The maximum absolute atomic E-state index is 10.3. The van der Waals surface area contributed by atoms with Crippen molar-refractivity contribution in [2.24, 2.45) is 0 Å². The third-order valence-corrected chi connectivity index (χ3v) is 2.81. The summed E-state index contributed by atoms with van der Waals surface area (Å²) in [6.07, 6.45) is 0.645. The van der Waals surface area contributed by atoms with Gasteiger partial charge in [-0.05, 0) is 16.3 Å². The van der Waals surface area contributed by atoms with Gasteiger partial charge in [0, 0.05) is 11.0 Å². The summed E-state index contributed by atoms with van der Waals surface area (Å²) in [6, 6.07) is 14.2. The lowest BCUT2D eigenvalue weighted by Crippen LogP contribution is -1.92. The van der Waals surface area contributed by atoms with Gasteiger partial charge >= 0.3 is 8.25 Å². The fourth-order valence-electron chi connectivity index (χ4n) is 1.64. The molecule has 0 spiro atoms. The van der Waals surface area contributed by atoms with E-state index in [1.165, 1.54) is 10.8 Å². The molecule has 0 heterocycles. The Morgan fingerprint density at radius 2 is 1.88 bits per heavy atom. The third kappa shape index (κ3) is 2.86. The second kappa shape index (κ2) is 5.17. The first-order valence-corrected chi connectivity index (χ1v) is 6.15. The van der Waals surface area contributed by atoms with Crippen molar-refractivity contribution in [1.82, 2.24) is 0 Å². The Hall–Kier alpha value is -1.28. The average Bonchev–Trinajstić information content (AvgIpc) is 2.28. The van der Waals surface area contributed by atoms with Crippen LogP contribution in [0.25, 0.3) is 10.8 Å². The third-order valence-electron chi connectivity index (χ3n) is 2.41. The Bertz CT molecular complexity index is 510. The van der Waals surface area contributed by atoms with Crippen molar-refractivity contribution in [2.45, 2.75) is 6.42 Å². The molecular weight excluding hydrogens is 223 g/mol. The van der Waals surface area contributed by atoms with Gasteiger partial charge in [-0.3, -0.25) is 0 Å². The minimum absolute atomic E-state index is 0.268. The van der Waals surface area contributed by atoms with E-state index >= 15 is 0 Å². The molecule has 0 saturated heterocycles. The standard InChI is InChI=1S/C12H11O3P/c13-16(14)15-8-7-10-5-6-11-3-1-2-4-12(11)9-10/h1-6,9H,7-8H2/p+1. The maximum Gasteiger partial charge on any atom is 0.694 e. The molecule has 16 heavy (non-hydrogen) atoms. The minimum atomic E-state index is -2.48. The molecule has 0 amide bonds. The van der Waals surface area contributed by atoms with E-state index in [1.54, 1.807) is 0 Å². The number of hydrogen-bond donors (Lipinski definition) is 1. The Morgan fingerprint density at radius 1 is 1.12 bits per heavy atom. The quantitative estimate of drug-likeness (QED) is 0.828. The van der Waals surface area contributed by atoms with Crippen molar-refractivity contribution in [1.29, 1.82) is 0 Å². The lowest BCUT2D eigenvalue weighted by atomic mass is 10.1. The molecule has 1 N–H and O–H groups in total. The van der Waals surface area contributed by atoms with Gasteiger partial charge in [0.15, 0.2) is 0 Å². The summed E-state index contributed by atoms with van der Waals surface area (Å²) in [6.45, 7) is 0.268. The largest absolute Gasteiger partial charge is 0.694 e. The molecule has 0 fully saturated rings. The monoisotopic (exact) mass is 235 g/mol. The summed E-state index contributed by atoms with van der Waals surface area (Å²) >= 11 is 0. The van der Waals surface area contributed by atoms with Crippen LogP contribution in [0.3, 0.4) is 0 Å². The lowest BCUT2D eigenvalue weighted by molar-refractivity contribution is 0.285. The first kappa shape index (κ1) is 11.2. The number of benzene rings is 2. The van der Waals surface area contributed by atoms with Crippen LogP contribution in [0.4, 0.5) is 0 Å². The van der Waals surface area contributed by atoms with Crippen molar-refractivity contribution >= 4 is 19.0 Å². The number of hydrogen-bond acceptors (Lipinski definition) is 2. The van der Waals surface area contributed by atoms with E-state index in [9.17, 15) is 4.57 Å². The van der Waals surface area contributed by atoms with Crippen molar-refractivity contribution in [3.63, 3.8) is 0 Å². The predicted octanol–water partition coefficient (Wildman–Crippen LogP) is 3.05. The van der Waals surface area contributed by atoms with Crippen molar-refractivity contribution < 1.29 is 14.0 Å². The molecule has 2 aromatic carbocycles. The van der Waals surface area contributed by atoms with Crippen LogP contribution in [-0.2, 0) is 15.5 Å². The lowest BCUT2D eigenvalue weighted by Gasteiger charge is -2.01. The summed E-state index contributed by atoms with van der Waals surface area (Å²) in [4.78, 5) is 8.49. The van der Waals surface area contributed by atoms with Crippen LogP contribution in [0.15, 0.2) is 42.5 Å². The van der Waals surface area contributed by atoms with E-state index in [2.05, 4.69) is 16.7 Å². The van der Waals surface area contributed by atoms with E-state index in [0.717, 1.165) is 5.56 Å². The minimum Gasteiger partial charge on any atom is -0.133 e. The molecule has 0 radical (unpaired) electrons. The van der Waals surface area contributed by atoms with Gasteiger partial charge in [-0.15, -0.1) is 9.42 Å². The van der Waals surface area contributed by atoms with Gasteiger partial charge in [-0.25, -0.2) is 0 Å². The molecule has 2 rings (SSSR count). The van der Waals surface area contributed by atoms with Gasteiger partial charge < -0.3 is 0 Å². The molecule has 0 saturated carbocycles. The average molecular weight is 235 g/mol. The van der Waals surface area contributed by atoms with Gasteiger partial charge in [0.25, 0.3) is 0 Å². The molecule has 0 aliphatic rings. The molecule has 1 unspecified atom stereocenters. The number of rotatable bonds is 4.